The number of nitrogens with zero attached hydrogens (tertiary/aromatic N) is 4. The minimum Gasteiger partial charge on any atom is -0.434 e. The van der Waals surface area contributed by atoms with Gasteiger partial charge in [-0.1, -0.05) is 18.2 Å². The lowest BCUT2D eigenvalue weighted by molar-refractivity contribution is -0.139. The molecule has 2 fully saturated rings. The molecule has 1 atom stereocenters. The van der Waals surface area contributed by atoms with Gasteiger partial charge in [-0.3, -0.25) is 14.4 Å². The number of fused-ring (bicyclic) bond motifs is 1. The molecule has 1 unspecified atom stereocenters. The van der Waals surface area contributed by atoms with E-state index < -0.39 is 17.1 Å². The van der Waals surface area contributed by atoms with Crippen LogP contribution in [0, 0.1) is 17.2 Å². The number of para-hydroxylation sites is 1. The molecule has 1 aliphatic heterocycles. The SMILES string of the molecule is CC1(C(=O)Nc2ccc(Oc3ccc4nc(NC(=O)C5CC5)cn4n3)c(F)c2)CCCN(c2ccccc2)C1=O. The normalized spacial score (nSPS) is 18.9. The minimum atomic E-state index is -1.29. The molecule has 10 nitrogen and oxygen atoms in total. The van der Waals surface area contributed by atoms with E-state index in [1.807, 2.05) is 30.3 Å². The number of piperidine rings is 1. The minimum absolute atomic E-state index is 0.0439. The highest BCUT2D eigenvalue weighted by molar-refractivity contribution is 6.15. The van der Waals surface area contributed by atoms with Crippen molar-refractivity contribution in [3.63, 3.8) is 0 Å². The molecule has 2 aliphatic rings. The number of rotatable bonds is 7. The molecule has 1 aliphatic carbocycles. The van der Waals surface area contributed by atoms with Crippen LogP contribution in [0.3, 0.4) is 0 Å². The smallest absolute Gasteiger partial charge is 0.242 e. The van der Waals surface area contributed by atoms with E-state index >= 15 is 0 Å². The number of ether oxygens (including phenoxy) is 1. The van der Waals surface area contributed by atoms with Gasteiger partial charge in [-0.2, -0.15) is 0 Å². The number of hydrogen-bond donors (Lipinski definition) is 2. The van der Waals surface area contributed by atoms with Crippen molar-refractivity contribution >= 4 is 40.6 Å². The molecule has 0 spiro atoms. The van der Waals surface area contributed by atoms with E-state index in [-0.39, 0.29) is 35.0 Å². The first kappa shape index (κ1) is 25.5. The largest absolute Gasteiger partial charge is 0.434 e. The molecule has 2 N–H and O–H groups in total. The van der Waals surface area contributed by atoms with Gasteiger partial charge in [-0.15, -0.1) is 5.10 Å². The Morgan fingerprint density at radius 3 is 2.62 bits per heavy atom. The van der Waals surface area contributed by atoms with Crippen molar-refractivity contribution in [2.75, 3.05) is 22.1 Å². The summed E-state index contributed by atoms with van der Waals surface area (Å²) in [5.74, 6) is -1.13. The molecule has 2 aromatic carbocycles. The maximum atomic E-state index is 15.0. The Morgan fingerprint density at radius 1 is 1.07 bits per heavy atom. The zero-order chi connectivity index (χ0) is 27.9. The second-order valence-electron chi connectivity index (χ2n) is 10.3. The summed E-state index contributed by atoms with van der Waals surface area (Å²) in [5.41, 5.74) is 0.143. The highest BCUT2D eigenvalue weighted by Gasteiger charge is 2.46. The first-order valence-corrected chi connectivity index (χ1v) is 13.1. The maximum absolute atomic E-state index is 15.0. The van der Waals surface area contributed by atoms with Gasteiger partial charge in [0.25, 0.3) is 0 Å². The Morgan fingerprint density at radius 2 is 1.88 bits per heavy atom. The fraction of sp³-hybridized carbons (Fsp3) is 0.276. The van der Waals surface area contributed by atoms with E-state index in [0.29, 0.717) is 30.9 Å². The van der Waals surface area contributed by atoms with Gasteiger partial charge in [0.15, 0.2) is 23.0 Å². The summed E-state index contributed by atoms with van der Waals surface area (Å²) >= 11 is 0. The molecule has 2 aromatic heterocycles. The lowest BCUT2D eigenvalue weighted by Gasteiger charge is -2.38. The molecule has 3 amide bonds. The summed E-state index contributed by atoms with van der Waals surface area (Å²) < 4.78 is 22.1. The Bertz CT molecular complexity index is 1620. The van der Waals surface area contributed by atoms with Crippen LogP contribution < -0.4 is 20.3 Å². The van der Waals surface area contributed by atoms with Gasteiger partial charge < -0.3 is 20.3 Å². The highest BCUT2D eigenvalue weighted by Crippen LogP contribution is 2.35. The summed E-state index contributed by atoms with van der Waals surface area (Å²) in [6.07, 6.45) is 4.37. The van der Waals surface area contributed by atoms with Crippen molar-refractivity contribution < 1.29 is 23.5 Å². The number of imidazole rings is 1. The Balaban J connectivity index is 1.13. The zero-order valence-corrected chi connectivity index (χ0v) is 21.8. The van der Waals surface area contributed by atoms with Crippen molar-refractivity contribution in [2.45, 2.75) is 32.6 Å². The first-order chi connectivity index (χ1) is 19.3. The zero-order valence-electron chi connectivity index (χ0n) is 21.8. The third-order valence-electron chi connectivity index (χ3n) is 7.24. The topological polar surface area (TPSA) is 118 Å². The third-order valence-corrected chi connectivity index (χ3v) is 7.24. The van der Waals surface area contributed by atoms with Crippen LogP contribution >= 0.6 is 0 Å². The number of carbonyl (C=O) groups is 3. The predicted octanol–water partition coefficient (Wildman–Crippen LogP) is 4.78. The van der Waals surface area contributed by atoms with Gasteiger partial charge in [0.2, 0.25) is 23.6 Å². The summed E-state index contributed by atoms with van der Waals surface area (Å²) in [4.78, 5) is 44.5. The lowest BCUT2D eigenvalue weighted by atomic mass is 9.79. The number of halogens is 1. The highest BCUT2D eigenvalue weighted by atomic mass is 19.1. The van der Waals surface area contributed by atoms with Gasteiger partial charge in [0.1, 0.15) is 5.41 Å². The summed E-state index contributed by atoms with van der Waals surface area (Å²) in [6, 6.07) is 16.4. The molecule has 11 heteroatoms. The number of nitrogens with one attached hydrogen (secondary N) is 2. The lowest BCUT2D eigenvalue weighted by Crippen LogP contribution is -2.53. The summed E-state index contributed by atoms with van der Waals surface area (Å²) in [7, 11) is 0. The van der Waals surface area contributed by atoms with Crippen LogP contribution in [-0.2, 0) is 14.4 Å². The molecule has 0 bridgehead atoms. The molecule has 0 radical (unpaired) electrons. The van der Waals surface area contributed by atoms with E-state index in [1.54, 1.807) is 24.1 Å². The Hall–Kier alpha value is -4.80. The number of carbonyl (C=O) groups excluding carboxylic acids is 3. The van der Waals surface area contributed by atoms with Crippen LogP contribution in [0.15, 0.2) is 66.9 Å². The molecule has 204 valence electrons. The fourth-order valence-electron chi connectivity index (χ4n) is 4.76. The van der Waals surface area contributed by atoms with Gasteiger partial charge in [0.05, 0.1) is 6.20 Å². The van der Waals surface area contributed by atoms with Crippen LogP contribution in [-0.4, -0.2) is 38.9 Å². The number of hydrogen-bond acceptors (Lipinski definition) is 6. The first-order valence-electron chi connectivity index (χ1n) is 13.1. The molecular weight excluding hydrogens is 515 g/mol. The van der Waals surface area contributed by atoms with Gasteiger partial charge >= 0.3 is 0 Å². The second-order valence-corrected chi connectivity index (χ2v) is 10.3. The van der Waals surface area contributed by atoms with Gasteiger partial charge in [-0.25, -0.2) is 13.9 Å². The average molecular weight is 543 g/mol. The van der Waals surface area contributed by atoms with Crippen LogP contribution in [0.4, 0.5) is 21.6 Å². The Labute approximate surface area is 229 Å². The number of anilines is 3. The fourth-order valence-corrected chi connectivity index (χ4v) is 4.76. The maximum Gasteiger partial charge on any atom is 0.242 e. The molecule has 3 heterocycles. The number of amides is 3. The van der Waals surface area contributed by atoms with Crippen molar-refractivity contribution in [2.24, 2.45) is 11.3 Å². The van der Waals surface area contributed by atoms with E-state index in [9.17, 15) is 18.8 Å². The molecule has 4 aromatic rings. The van der Waals surface area contributed by atoms with E-state index in [0.717, 1.165) is 24.6 Å². The van der Waals surface area contributed by atoms with E-state index in [2.05, 4.69) is 20.7 Å². The van der Waals surface area contributed by atoms with Crippen LogP contribution in [0.1, 0.15) is 32.6 Å². The predicted molar refractivity (Wildman–Crippen MR) is 146 cm³/mol. The van der Waals surface area contributed by atoms with Crippen molar-refractivity contribution in [3.8, 4) is 11.6 Å². The van der Waals surface area contributed by atoms with Crippen LogP contribution in [0.2, 0.25) is 0 Å². The van der Waals surface area contributed by atoms with Gasteiger partial charge in [0, 0.05) is 36.0 Å². The van der Waals surface area contributed by atoms with E-state index in [4.69, 9.17) is 4.74 Å². The van der Waals surface area contributed by atoms with E-state index in [1.165, 1.54) is 22.7 Å². The summed E-state index contributed by atoms with van der Waals surface area (Å²) in [6.45, 7) is 2.15. The quantitative estimate of drug-likeness (QED) is 0.325. The van der Waals surface area contributed by atoms with Crippen molar-refractivity contribution in [1.82, 2.24) is 14.6 Å². The standard InChI is InChI=1S/C29H27FN6O4/c1-29(14-5-15-35(28(29)39)20-6-3-2-4-7-20)27(38)31-19-10-11-22(21(30)16-19)40-25-13-12-24-32-23(17-36(24)34-25)33-26(37)18-8-9-18/h2-4,6-7,10-13,16-18H,5,8-9,14-15H2,1H3,(H,31,38)(H,33,37). The third kappa shape index (κ3) is 4.97. The average Bonchev–Trinajstić information content (AvgIpc) is 3.73. The molecule has 6 rings (SSSR count). The number of benzene rings is 2. The number of aromatic nitrogens is 3. The molecular formula is C29H27FN6O4. The molecule has 40 heavy (non-hydrogen) atoms. The van der Waals surface area contributed by atoms with Gasteiger partial charge in [-0.05, 0) is 62.9 Å². The van der Waals surface area contributed by atoms with Crippen LogP contribution in [0.25, 0.3) is 5.65 Å². The Kier molecular flexibility index (Phi) is 6.41. The van der Waals surface area contributed by atoms with Crippen molar-refractivity contribution in [1.29, 1.82) is 0 Å². The molecule has 1 saturated heterocycles. The van der Waals surface area contributed by atoms with Crippen LogP contribution in [0.5, 0.6) is 11.6 Å². The van der Waals surface area contributed by atoms with Crippen molar-refractivity contribution in [3.05, 3.63) is 72.7 Å². The summed E-state index contributed by atoms with van der Waals surface area (Å²) in [5, 5.41) is 9.74. The molecule has 1 saturated carbocycles. The monoisotopic (exact) mass is 542 g/mol. The second kappa shape index (κ2) is 10.1.